The first-order valence-electron chi connectivity index (χ1n) is 15.2. The van der Waals surface area contributed by atoms with Crippen LogP contribution in [0.25, 0.3) is 16.9 Å². The number of allylic oxidation sites excluding steroid dienone is 2. The standard InChI is InChI=1S/C35H50N2.2CH3.Ni/c1-7-13-15-17-19-33-32(18-16-14-8-2)34(30-22-26(9-3)20-27(10-4)23-30)37(36)35(33)31-24-28(11-5)21-29(12-6)25-31;;;/h20-25H,7-19H2,1-6H3;2*1H3;/q;2*-1;+2. The van der Waals surface area contributed by atoms with Crippen molar-refractivity contribution in [3.8, 4) is 0 Å². The van der Waals surface area contributed by atoms with Gasteiger partial charge in [-0.2, -0.15) is 0 Å². The van der Waals surface area contributed by atoms with Gasteiger partial charge in [0.1, 0.15) is 0 Å². The third-order valence-corrected chi connectivity index (χ3v) is 7.96. The van der Waals surface area contributed by atoms with Gasteiger partial charge in [-0.15, -0.1) is 0 Å². The fourth-order valence-electron chi connectivity index (χ4n) is 5.68. The summed E-state index contributed by atoms with van der Waals surface area (Å²) >= 11 is 0. The molecular weight excluding hydrogens is 531 g/mol. The number of unbranched alkanes of at least 4 members (excludes halogenated alkanes) is 5. The molecule has 0 fully saturated rings. The van der Waals surface area contributed by atoms with E-state index in [-0.39, 0.29) is 31.3 Å². The molecule has 0 unspecified atom stereocenters. The van der Waals surface area contributed by atoms with Crippen LogP contribution in [-0.4, -0.2) is 4.70 Å². The molecule has 1 aliphatic rings. The molecule has 2 nitrogen and oxygen atoms in total. The van der Waals surface area contributed by atoms with E-state index in [1.807, 2.05) is 0 Å². The van der Waals surface area contributed by atoms with Gasteiger partial charge in [0.25, 0.3) is 0 Å². The molecule has 2 aromatic carbocycles. The van der Waals surface area contributed by atoms with Crippen molar-refractivity contribution in [1.29, 1.82) is 0 Å². The zero-order valence-electron chi connectivity index (χ0n) is 26.9. The zero-order chi connectivity index (χ0) is 26.8. The molecule has 1 heterocycles. The maximum Gasteiger partial charge on any atom is 2.00 e. The number of hydrogen-bond donors (Lipinski definition) is 0. The molecule has 3 heteroatoms. The molecule has 0 spiro atoms. The first kappa shape index (κ1) is 38.0. The predicted molar refractivity (Wildman–Crippen MR) is 174 cm³/mol. The molecule has 0 atom stereocenters. The number of hydrogen-bond acceptors (Lipinski definition) is 0. The molecular formula is C37H56N2Ni. The van der Waals surface area contributed by atoms with E-state index >= 15 is 0 Å². The van der Waals surface area contributed by atoms with E-state index in [1.165, 1.54) is 83.1 Å². The fraction of sp³-hybridized carbons (Fsp3) is 0.514. The van der Waals surface area contributed by atoms with Crippen LogP contribution in [-0.2, 0) is 42.2 Å². The summed E-state index contributed by atoms with van der Waals surface area (Å²) in [6.07, 6.45) is 14.6. The summed E-state index contributed by atoms with van der Waals surface area (Å²) in [5, 5.41) is 0. The van der Waals surface area contributed by atoms with Crippen molar-refractivity contribution in [3.05, 3.63) is 101 Å². The van der Waals surface area contributed by atoms with Crippen molar-refractivity contribution < 1.29 is 21.2 Å². The summed E-state index contributed by atoms with van der Waals surface area (Å²) in [6.45, 7) is 13.5. The van der Waals surface area contributed by atoms with Gasteiger partial charge in [-0.05, 0) is 97.9 Å². The second-order valence-electron chi connectivity index (χ2n) is 10.7. The van der Waals surface area contributed by atoms with Gasteiger partial charge in [-0.25, -0.2) is 4.70 Å². The molecule has 1 aliphatic heterocycles. The van der Waals surface area contributed by atoms with Gasteiger partial charge in [0, 0.05) is 22.3 Å². The molecule has 0 radical (unpaired) electrons. The van der Waals surface area contributed by atoms with E-state index in [1.54, 1.807) is 4.70 Å². The maximum absolute atomic E-state index is 12.0. The van der Waals surface area contributed by atoms with Crippen LogP contribution in [0.15, 0.2) is 47.5 Å². The molecule has 0 aromatic heterocycles. The average molecular weight is 588 g/mol. The Balaban J connectivity index is 0.00000507. The maximum atomic E-state index is 12.0. The van der Waals surface area contributed by atoms with E-state index in [4.69, 9.17) is 0 Å². The second-order valence-corrected chi connectivity index (χ2v) is 10.7. The van der Waals surface area contributed by atoms with Crippen molar-refractivity contribution in [2.24, 2.45) is 0 Å². The van der Waals surface area contributed by atoms with Gasteiger partial charge >= 0.3 is 16.5 Å². The van der Waals surface area contributed by atoms with Crippen LogP contribution >= 0.6 is 0 Å². The average Bonchev–Trinajstić information content (AvgIpc) is 3.21. The predicted octanol–water partition coefficient (Wildman–Crippen LogP) is 11.6. The molecule has 3 rings (SSSR count). The van der Waals surface area contributed by atoms with Gasteiger partial charge in [0.2, 0.25) is 11.4 Å². The topological polar surface area (TPSA) is 25.3 Å². The zero-order valence-corrected chi connectivity index (χ0v) is 27.9. The van der Waals surface area contributed by atoms with Crippen LogP contribution in [0.4, 0.5) is 0 Å². The van der Waals surface area contributed by atoms with Gasteiger partial charge in [-0.3, -0.25) is 0 Å². The number of rotatable bonds is 15. The normalized spacial score (nSPS) is 12.8. The summed E-state index contributed by atoms with van der Waals surface area (Å²) in [5.74, 6) is 0. The fourth-order valence-corrected chi connectivity index (χ4v) is 5.68. The SMILES string of the molecule is CCCCCCC1=C(c2cc(CC)cc(CC)c2)[N+](=[N-])C(c2cc(CC)cc(CC)c2)=C1CCCCC.[CH3-].[CH3-].[Ni+2]. The summed E-state index contributed by atoms with van der Waals surface area (Å²) in [7, 11) is 0. The Morgan fingerprint density at radius 3 is 1.15 bits per heavy atom. The molecule has 0 aliphatic carbocycles. The van der Waals surface area contributed by atoms with Crippen molar-refractivity contribution in [2.45, 2.75) is 125 Å². The largest absolute Gasteiger partial charge is 2.00 e. The molecule has 0 bridgehead atoms. The Bertz CT molecular complexity index is 1090. The van der Waals surface area contributed by atoms with Crippen LogP contribution < -0.4 is 0 Å². The first-order valence-corrected chi connectivity index (χ1v) is 15.2. The minimum Gasteiger partial charge on any atom is -0.493 e. The smallest absolute Gasteiger partial charge is 0.493 e. The molecule has 0 saturated carbocycles. The van der Waals surface area contributed by atoms with E-state index in [2.05, 4.69) is 77.9 Å². The van der Waals surface area contributed by atoms with Crippen molar-refractivity contribution >= 4 is 11.4 Å². The summed E-state index contributed by atoms with van der Waals surface area (Å²) < 4.78 is 1.58. The Labute approximate surface area is 258 Å². The van der Waals surface area contributed by atoms with E-state index in [9.17, 15) is 5.53 Å². The summed E-state index contributed by atoms with van der Waals surface area (Å²) in [6, 6.07) is 13.9. The third-order valence-electron chi connectivity index (χ3n) is 7.96. The third kappa shape index (κ3) is 9.27. The quantitative estimate of drug-likeness (QED) is 0.0857. The Hall–Kier alpha value is -1.99. The van der Waals surface area contributed by atoms with Crippen molar-refractivity contribution in [3.63, 3.8) is 0 Å². The van der Waals surface area contributed by atoms with Gasteiger partial charge < -0.3 is 20.4 Å². The van der Waals surface area contributed by atoms with E-state index in [0.29, 0.717) is 0 Å². The molecule has 2 aromatic rings. The molecule has 40 heavy (non-hydrogen) atoms. The molecule has 0 amide bonds. The molecule has 0 saturated heterocycles. The van der Waals surface area contributed by atoms with Gasteiger partial charge in [0.15, 0.2) is 0 Å². The minimum absolute atomic E-state index is 0. The van der Waals surface area contributed by atoms with Crippen LogP contribution in [0, 0.1) is 14.9 Å². The van der Waals surface area contributed by atoms with E-state index in [0.717, 1.165) is 56.3 Å². The summed E-state index contributed by atoms with van der Waals surface area (Å²) in [4.78, 5) is 0. The van der Waals surface area contributed by atoms with Crippen LogP contribution in [0.3, 0.4) is 0 Å². The molecule has 224 valence electrons. The Morgan fingerprint density at radius 1 is 0.500 bits per heavy atom. The Morgan fingerprint density at radius 2 is 0.825 bits per heavy atom. The second kappa shape index (κ2) is 19.2. The first-order chi connectivity index (χ1) is 18.0. The van der Waals surface area contributed by atoms with Gasteiger partial charge in [0.05, 0.1) is 0 Å². The van der Waals surface area contributed by atoms with Gasteiger partial charge in [-0.1, -0.05) is 85.8 Å². The van der Waals surface area contributed by atoms with Crippen LogP contribution in [0.5, 0.6) is 0 Å². The van der Waals surface area contributed by atoms with Crippen LogP contribution in [0.2, 0.25) is 0 Å². The van der Waals surface area contributed by atoms with Crippen molar-refractivity contribution in [2.75, 3.05) is 0 Å². The Kier molecular flexibility index (Phi) is 18.2. The number of aryl methyl sites for hydroxylation is 4. The molecule has 0 N–H and O–H groups in total. The minimum atomic E-state index is 0. The number of nitrogens with zero attached hydrogens (tertiary/aromatic N) is 2. The number of benzene rings is 2. The van der Waals surface area contributed by atoms with Crippen LogP contribution in [0.1, 0.15) is 133 Å². The van der Waals surface area contributed by atoms with E-state index < -0.39 is 0 Å². The monoisotopic (exact) mass is 586 g/mol. The van der Waals surface area contributed by atoms with Crippen molar-refractivity contribution in [1.82, 2.24) is 0 Å². The summed E-state index contributed by atoms with van der Waals surface area (Å²) in [5.41, 5.74) is 24.6.